The van der Waals surface area contributed by atoms with Crippen molar-refractivity contribution in [2.75, 3.05) is 19.6 Å². The van der Waals surface area contributed by atoms with Gasteiger partial charge in [-0.3, -0.25) is 0 Å². The monoisotopic (exact) mass is 302 g/mol. The quantitative estimate of drug-likeness (QED) is 0.865. The van der Waals surface area contributed by atoms with Crippen molar-refractivity contribution in [3.8, 4) is 0 Å². The number of amides is 1. The maximum atomic E-state index is 12.2. The first-order valence-corrected chi connectivity index (χ1v) is 8.16. The molecule has 2 saturated heterocycles. The Labute approximate surface area is 132 Å². The molecule has 2 aliphatic rings. The zero-order valence-electron chi connectivity index (χ0n) is 13.8. The highest BCUT2D eigenvalue weighted by Gasteiger charge is 2.49. The average molecular weight is 302 g/mol. The molecule has 0 unspecified atom stereocenters. The lowest BCUT2D eigenvalue weighted by Gasteiger charge is -2.54. The first kappa shape index (κ1) is 15.3. The molecule has 0 saturated carbocycles. The number of carbonyl (C=O) groups is 1. The Kier molecular flexibility index (Phi) is 3.89. The van der Waals surface area contributed by atoms with Crippen LogP contribution in [-0.4, -0.2) is 36.2 Å². The second kappa shape index (κ2) is 5.58. The lowest BCUT2D eigenvalue weighted by molar-refractivity contribution is -0.0181. The van der Waals surface area contributed by atoms with Gasteiger partial charge in [0.25, 0.3) is 0 Å². The highest BCUT2D eigenvalue weighted by Crippen LogP contribution is 2.48. The maximum absolute atomic E-state index is 12.2. The van der Waals surface area contributed by atoms with Crippen molar-refractivity contribution in [1.29, 1.82) is 0 Å². The molecule has 0 radical (unpaired) electrons. The summed E-state index contributed by atoms with van der Waals surface area (Å²) in [6.45, 7) is 8.38. The lowest BCUT2D eigenvalue weighted by Crippen LogP contribution is -2.60. The number of piperidine rings is 1. The van der Waals surface area contributed by atoms with Gasteiger partial charge < -0.3 is 15.0 Å². The predicted molar refractivity (Wildman–Crippen MR) is 86.7 cm³/mol. The average Bonchev–Trinajstić information content (AvgIpc) is 2.45. The minimum Gasteiger partial charge on any atom is -0.444 e. The maximum Gasteiger partial charge on any atom is 0.410 e. The summed E-state index contributed by atoms with van der Waals surface area (Å²) in [6.07, 6.45) is 1.91. The second-order valence-electron chi connectivity index (χ2n) is 7.55. The fourth-order valence-electron chi connectivity index (χ4n) is 3.54. The minimum atomic E-state index is -0.420. The van der Waals surface area contributed by atoms with Gasteiger partial charge >= 0.3 is 6.09 Å². The zero-order valence-corrected chi connectivity index (χ0v) is 13.8. The van der Waals surface area contributed by atoms with Gasteiger partial charge in [-0.1, -0.05) is 30.3 Å². The van der Waals surface area contributed by atoms with E-state index in [1.165, 1.54) is 5.56 Å². The number of likely N-dealkylation sites (tertiary alicyclic amines) is 1. The summed E-state index contributed by atoms with van der Waals surface area (Å²) in [4.78, 5) is 14.0. The van der Waals surface area contributed by atoms with Crippen LogP contribution < -0.4 is 5.32 Å². The molecule has 2 fully saturated rings. The molecule has 120 valence electrons. The molecule has 2 aliphatic heterocycles. The number of hydrogen-bond donors (Lipinski definition) is 1. The van der Waals surface area contributed by atoms with Gasteiger partial charge in [0.2, 0.25) is 0 Å². The Bertz CT molecular complexity index is 528. The molecule has 0 aromatic heterocycles. The van der Waals surface area contributed by atoms with Crippen LogP contribution in [0.2, 0.25) is 0 Å². The molecule has 1 spiro atoms. The second-order valence-corrected chi connectivity index (χ2v) is 7.55. The molecular weight excluding hydrogens is 276 g/mol. The lowest BCUT2D eigenvalue weighted by atomic mass is 9.65. The summed E-state index contributed by atoms with van der Waals surface area (Å²) in [5.41, 5.74) is 1.25. The van der Waals surface area contributed by atoms with E-state index in [0.29, 0.717) is 11.5 Å². The summed E-state index contributed by atoms with van der Waals surface area (Å²) in [6, 6.07) is 11.1. The van der Waals surface area contributed by atoms with E-state index in [1.54, 1.807) is 0 Å². The third-order valence-electron chi connectivity index (χ3n) is 4.81. The zero-order chi connectivity index (χ0) is 15.8. The molecule has 0 bridgehead atoms. The van der Waals surface area contributed by atoms with E-state index >= 15 is 0 Å². The van der Waals surface area contributed by atoms with E-state index in [-0.39, 0.29) is 6.09 Å². The molecule has 1 aromatic carbocycles. The van der Waals surface area contributed by atoms with Crippen molar-refractivity contribution in [3.63, 3.8) is 0 Å². The highest BCUT2D eigenvalue weighted by atomic mass is 16.6. The SMILES string of the molecule is CC(C)(C)OC(=O)N1CCC2(CC1)CN[C@H]2c1ccccc1. The third-order valence-corrected chi connectivity index (χ3v) is 4.81. The van der Waals surface area contributed by atoms with E-state index in [1.807, 2.05) is 25.7 Å². The standard InChI is InChI=1S/C18H26N2O2/c1-17(2,3)22-16(21)20-11-9-18(10-12-20)13-19-15(18)14-7-5-4-6-8-14/h4-8,15,19H,9-13H2,1-3H3/t15-/m0/s1. The van der Waals surface area contributed by atoms with E-state index in [9.17, 15) is 4.79 Å². The Morgan fingerprint density at radius 2 is 1.86 bits per heavy atom. The first-order chi connectivity index (χ1) is 10.4. The van der Waals surface area contributed by atoms with Crippen LogP contribution in [0.5, 0.6) is 0 Å². The molecule has 1 aromatic rings. The number of rotatable bonds is 1. The number of benzene rings is 1. The van der Waals surface area contributed by atoms with Crippen molar-refractivity contribution < 1.29 is 9.53 Å². The molecule has 0 aliphatic carbocycles. The summed E-state index contributed by atoms with van der Waals surface area (Å²) >= 11 is 0. The van der Waals surface area contributed by atoms with Crippen molar-refractivity contribution in [1.82, 2.24) is 10.2 Å². The molecule has 2 heterocycles. The largest absolute Gasteiger partial charge is 0.444 e. The fourth-order valence-corrected chi connectivity index (χ4v) is 3.54. The van der Waals surface area contributed by atoms with Gasteiger partial charge in [0.15, 0.2) is 0 Å². The summed E-state index contributed by atoms with van der Waals surface area (Å²) in [5.74, 6) is 0. The van der Waals surface area contributed by atoms with Gasteiger partial charge in [0, 0.05) is 31.1 Å². The normalized spacial score (nSPS) is 24.0. The van der Waals surface area contributed by atoms with Crippen LogP contribution >= 0.6 is 0 Å². The Hall–Kier alpha value is -1.55. The van der Waals surface area contributed by atoms with Gasteiger partial charge in [-0.15, -0.1) is 0 Å². The Balaban J connectivity index is 1.61. The number of carbonyl (C=O) groups excluding carboxylic acids is 1. The smallest absolute Gasteiger partial charge is 0.410 e. The van der Waals surface area contributed by atoms with Crippen molar-refractivity contribution in [2.45, 2.75) is 45.3 Å². The molecule has 1 N–H and O–H groups in total. The van der Waals surface area contributed by atoms with Gasteiger partial charge in [0.1, 0.15) is 5.60 Å². The fraction of sp³-hybridized carbons (Fsp3) is 0.611. The Morgan fingerprint density at radius 3 is 2.36 bits per heavy atom. The molecule has 3 rings (SSSR count). The minimum absolute atomic E-state index is 0.175. The van der Waals surface area contributed by atoms with Crippen LogP contribution in [0.25, 0.3) is 0 Å². The van der Waals surface area contributed by atoms with E-state index < -0.39 is 5.60 Å². The van der Waals surface area contributed by atoms with Gasteiger partial charge in [-0.2, -0.15) is 0 Å². The van der Waals surface area contributed by atoms with E-state index in [4.69, 9.17) is 4.74 Å². The van der Waals surface area contributed by atoms with Crippen LogP contribution in [0.15, 0.2) is 30.3 Å². The first-order valence-electron chi connectivity index (χ1n) is 8.16. The number of nitrogens with one attached hydrogen (secondary N) is 1. The van der Waals surface area contributed by atoms with Crippen LogP contribution in [-0.2, 0) is 4.74 Å². The number of ether oxygens (including phenoxy) is 1. The molecule has 1 amide bonds. The van der Waals surface area contributed by atoms with E-state index in [0.717, 1.165) is 32.5 Å². The van der Waals surface area contributed by atoms with Crippen LogP contribution in [0.1, 0.15) is 45.2 Å². The number of nitrogens with zero attached hydrogens (tertiary/aromatic N) is 1. The summed E-state index contributed by atoms with van der Waals surface area (Å²) in [5, 5.41) is 3.57. The van der Waals surface area contributed by atoms with Crippen LogP contribution in [0.4, 0.5) is 4.79 Å². The Morgan fingerprint density at radius 1 is 1.23 bits per heavy atom. The van der Waals surface area contributed by atoms with Gasteiger partial charge in [0.05, 0.1) is 0 Å². The van der Waals surface area contributed by atoms with Crippen LogP contribution in [0, 0.1) is 5.41 Å². The topological polar surface area (TPSA) is 41.6 Å². The molecule has 4 heteroatoms. The third kappa shape index (κ3) is 2.98. The predicted octanol–water partition coefficient (Wildman–Crippen LogP) is 3.35. The molecule has 22 heavy (non-hydrogen) atoms. The van der Waals surface area contributed by atoms with Crippen molar-refractivity contribution >= 4 is 6.09 Å². The summed E-state index contributed by atoms with van der Waals surface area (Å²) < 4.78 is 5.48. The van der Waals surface area contributed by atoms with Crippen LogP contribution in [0.3, 0.4) is 0 Å². The summed E-state index contributed by atoms with van der Waals surface area (Å²) in [7, 11) is 0. The highest BCUT2D eigenvalue weighted by molar-refractivity contribution is 5.68. The molecule has 1 atom stereocenters. The van der Waals surface area contributed by atoms with Crippen molar-refractivity contribution in [3.05, 3.63) is 35.9 Å². The van der Waals surface area contributed by atoms with Gasteiger partial charge in [-0.25, -0.2) is 4.79 Å². The number of hydrogen-bond acceptors (Lipinski definition) is 3. The molecule has 4 nitrogen and oxygen atoms in total. The van der Waals surface area contributed by atoms with Crippen molar-refractivity contribution in [2.24, 2.45) is 5.41 Å². The molecular formula is C18H26N2O2. The van der Waals surface area contributed by atoms with Gasteiger partial charge in [-0.05, 0) is 39.2 Å². The van der Waals surface area contributed by atoms with E-state index in [2.05, 4.69) is 35.6 Å².